The van der Waals surface area contributed by atoms with Crippen LogP contribution in [0.4, 0.5) is 19.3 Å². The normalized spacial score (nSPS) is 12.3. The second-order valence-corrected chi connectivity index (χ2v) is 6.21. The minimum absolute atomic E-state index is 0.188. The molecule has 0 unspecified atom stereocenters. The van der Waals surface area contributed by atoms with Crippen molar-refractivity contribution in [2.45, 2.75) is 26.3 Å². The lowest BCUT2D eigenvalue weighted by Crippen LogP contribution is -2.32. The van der Waals surface area contributed by atoms with Gasteiger partial charge in [0.25, 0.3) is 0 Å². The van der Waals surface area contributed by atoms with E-state index in [1.54, 1.807) is 43.3 Å². The van der Waals surface area contributed by atoms with Crippen LogP contribution in [0, 0.1) is 6.92 Å². The van der Waals surface area contributed by atoms with Crippen LogP contribution in [0.5, 0.6) is 0 Å². The minimum Gasteiger partial charge on any atom is -0.337 e. The maximum absolute atomic E-state index is 13.5. The zero-order chi connectivity index (χ0) is 18.7. The quantitative estimate of drug-likeness (QED) is 0.697. The summed E-state index contributed by atoms with van der Waals surface area (Å²) in [4.78, 5) is 16.3. The van der Waals surface area contributed by atoms with Crippen molar-refractivity contribution in [2.24, 2.45) is 0 Å². The molecule has 3 aromatic rings. The van der Waals surface area contributed by atoms with E-state index in [0.717, 1.165) is 10.1 Å². The number of nitrogens with one attached hydrogen (secondary N) is 2. The fourth-order valence-corrected chi connectivity index (χ4v) is 2.77. The number of fused-ring (bicyclic) bond motifs is 1. The number of aromatic nitrogens is 2. The predicted octanol–water partition coefficient (Wildman–Crippen LogP) is 4.67. The predicted molar refractivity (Wildman–Crippen MR) is 97.6 cm³/mol. The lowest BCUT2D eigenvalue weighted by molar-refractivity contribution is 0.0705. The van der Waals surface area contributed by atoms with Gasteiger partial charge in [-0.2, -0.15) is 8.78 Å². The molecule has 136 valence electrons. The van der Waals surface area contributed by atoms with Crippen molar-refractivity contribution < 1.29 is 13.6 Å². The largest absolute Gasteiger partial charge is 0.337 e. The SMILES string of the molecule is Cc1ccc(NC(=O)NC[C@@H](C)c2nc3ccccc3n2C(F)F)cc1. The highest BCUT2D eigenvalue weighted by molar-refractivity contribution is 5.89. The molecular formula is C19H20F2N4O. The van der Waals surface area contributed by atoms with Crippen LogP contribution in [0.1, 0.15) is 30.8 Å². The van der Waals surface area contributed by atoms with E-state index in [1.165, 1.54) is 0 Å². The van der Waals surface area contributed by atoms with Gasteiger partial charge in [0, 0.05) is 18.2 Å². The number of urea groups is 1. The number of carbonyl (C=O) groups excluding carboxylic acids is 1. The molecule has 0 aliphatic carbocycles. The number of alkyl halides is 2. The van der Waals surface area contributed by atoms with E-state index in [-0.39, 0.29) is 24.3 Å². The van der Waals surface area contributed by atoms with Crippen LogP contribution in [0.25, 0.3) is 11.0 Å². The van der Waals surface area contributed by atoms with E-state index in [2.05, 4.69) is 15.6 Å². The van der Waals surface area contributed by atoms with Gasteiger partial charge >= 0.3 is 12.6 Å². The molecular weight excluding hydrogens is 338 g/mol. The molecule has 2 aromatic carbocycles. The van der Waals surface area contributed by atoms with Crippen molar-refractivity contribution in [1.29, 1.82) is 0 Å². The lowest BCUT2D eigenvalue weighted by atomic mass is 10.1. The molecule has 0 aliphatic rings. The van der Waals surface area contributed by atoms with E-state index < -0.39 is 6.55 Å². The molecule has 5 nitrogen and oxygen atoms in total. The second-order valence-electron chi connectivity index (χ2n) is 6.21. The van der Waals surface area contributed by atoms with Crippen LogP contribution in [-0.4, -0.2) is 22.1 Å². The fraction of sp³-hybridized carbons (Fsp3) is 0.263. The summed E-state index contributed by atoms with van der Waals surface area (Å²) in [5.41, 5.74) is 2.66. The monoisotopic (exact) mass is 358 g/mol. The first-order chi connectivity index (χ1) is 12.5. The number of para-hydroxylation sites is 2. The molecule has 26 heavy (non-hydrogen) atoms. The molecule has 1 aromatic heterocycles. The van der Waals surface area contributed by atoms with E-state index in [0.29, 0.717) is 16.7 Å². The molecule has 1 heterocycles. The Hall–Kier alpha value is -2.96. The smallest absolute Gasteiger partial charge is 0.320 e. The molecule has 0 aliphatic heterocycles. The molecule has 1 atom stereocenters. The topological polar surface area (TPSA) is 59.0 Å². The van der Waals surface area contributed by atoms with Crippen molar-refractivity contribution in [1.82, 2.24) is 14.9 Å². The van der Waals surface area contributed by atoms with Crippen LogP contribution >= 0.6 is 0 Å². The summed E-state index contributed by atoms with van der Waals surface area (Å²) in [6.45, 7) is 1.21. The summed E-state index contributed by atoms with van der Waals surface area (Å²) in [7, 11) is 0. The third kappa shape index (κ3) is 3.82. The van der Waals surface area contributed by atoms with Crippen molar-refractivity contribution in [2.75, 3.05) is 11.9 Å². The van der Waals surface area contributed by atoms with Crippen molar-refractivity contribution in [3.63, 3.8) is 0 Å². The molecule has 7 heteroatoms. The van der Waals surface area contributed by atoms with Crippen molar-refractivity contribution in [3.05, 3.63) is 59.9 Å². The Kier molecular flexibility index (Phi) is 5.16. The highest BCUT2D eigenvalue weighted by Gasteiger charge is 2.22. The lowest BCUT2D eigenvalue weighted by Gasteiger charge is -2.15. The van der Waals surface area contributed by atoms with Crippen molar-refractivity contribution in [3.8, 4) is 0 Å². The molecule has 2 amide bonds. The van der Waals surface area contributed by atoms with Gasteiger partial charge in [-0.1, -0.05) is 36.8 Å². The van der Waals surface area contributed by atoms with Gasteiger partial charge in [-0.05, 0) is 31.2 Å². The van der Waals surface area contributed by atoms with Gasteiger partial charge < -0.3 is 10.6 Å². The van der Waals surface area contributed by atoms with Gasteiger partial charge in [-0.15, -0.1) is 0 Å². The number of aryl methyl sites for hydroxylation is 1. The summed E-state index contributed by atoms with van der Waals surface area (Å²) in [5, 5.41) is 5.42. The number of nitrogens with zero attached hydrogens (tertiary/aromatic N) is 2. The highest BCUT2D eigenvalue weighted by Crippen LogP contribution is 2.27. The Morgan fingerprint density at radius 2 is 1.85 bits per heavy atom. The zero-order valence-corrected chi connectivity index (χ0v) is 14.5. The molecule has 0 radical (unpaired) electrons. The Balaban J connectivity index is 1.69. The van der Waals surface area contributed by atoms with Crippen LogP contribution in [0.15, 0.2) is 48.5 Å². The molecule has 3 rings (SSSR count). The van der Waals surface area contributed by atoms with Crippen LogP contribution in [-0.2, 0) is 0 Å². The van der Waals surface area contributed by atoms with E-state index >= 15 is 0 Å². The fourth-order valence-electron chi connectivity index (χ4n) is 2.77. The van der Waals surface area contributed by atoms with Gasteiger partial charge in [0.15, 0.2) is 0 Å². The third-order valence-corrected chi connectivity index (χ3v) is 4.14. The van der Waals surface area contributed by atoms with Gasteiger partial charge in [-0.3, -0.25) is 4.57 Å². The zero-order valence-electron chi connectivity index (χ0n) is 14.5. The number of benzene rings is 2. The molecule has 2 N–H and O–H groups in total. The molecule has 0 saturated carbocycles. The molecule has 0 spiro atoms. The van der Waals surface area contributed by atoms with E-state index in [9.17, 15) is 13.6 Å². The summed E-state index contributed by atoms with van der Waals surface area (Å²) in [6.07, 6.45) is 0. The standard InChI is InChI=1S/C19H20F2N4O/c1-12-7-9-14(10-8-12)23-19(26)22-11-13(2)17-24-15-5-3-4-6-16(15)25(17)18(20)21/h3-10,13,18H,11H2,1-2H3,(H2,22,23,26)/t13-/m1/s1. The van der Waals surface area contributed by atoms with Gasteiger partial charge in [0.1, 0.15) is 5.82 Å². The number of anilines is 1. The molecule has 0 saturated heterocycles. The maximum atomic E-state index is 13.5. The Labute approximate surface area is 150 Å². The van der Waals surface area contributed by atoms with E-state index in [4.69, 9.17) is 0 Å². The number of halogens is 2. The first-order valence-electron chi connectivity index (χ1n) is 8.32. The average Bonchev–Trinajstić information content (AvgIpc) is 3.01. The Bertz CT molecular complexity index is 906. The number of amides is 2. The number of imidazole rings is 1. The van der Waals surface area contributed by atoms with Crippen molar-refractivity contribution >= 4 is 22.8 Å². The minimum atomic E-state index is -2.69. The molecule has 0 bridgehead atoms. The summed E-state index contributed by atoms with van der Waals surface area (Å²) < 4.78 is 27.9. The number of hydrogen-bond acceptors (Lipinski definition) is 2. The summed E-state index contributed by atoms with van der Waals surface area (Å²) in [5.74, 6) is -0.128. The van der Waals surface area contributed by atoms with Crippen LogP contribution in [0.3, 0.4) is 0 Å². The summed E-state index contributed by atoms with van der Waals surface area (Å²) in [6, 6.07) is 13.8. The van der Waals surface area contributed by atoms with Gasteiger partial charge in [0.2, 0.25) is 0 Å². The number of carbonyl (C=O) groups is 1. The molecule has 0 fully saturated rings. The van der Waals surface area contributed by atoms with E-state index in [1.807, 2.05) is 19.1 Å². The van der Waals surface area contributed by atoms with Crippen LogP contribution < -0.4 is 10.6 Å². The van der Waals surface area contributed by atoms with Crippen LogP contribution in [0.2, 0.25) is 0 Å². The van der Waals surface area contributed by atoms with Gasteiger partial charge in [-0.25, -0.2) is 9.78 Å². The average molecular weight is 358 g/mol. The first kappa shape index (κ1) is 17.8. The highest BCUT2D eigenvalue weighted by atomic mass is 19.3. The maximum Gasteiger partial charge on any atom is 0.320 e. The Morgan fingerprint density at radius 3 is 2.54 bits per heavy atom. The number of rotatable bonds is 5. The summed E-state index contributed by atoms with van der Waals surface area (Å²) >= 11 is 0. The first-order valence-corrected chi connectivity index (χ1v) is 8.32. The van der Waals surface area contributed by atoms with Gasteiger partial charge in [0.05, 0.1) is 11.0 Å². The third-order valence-electron chi connectivity index (χ3n) is 4.14. The number of hydrogen-bond donors (Lipinski definition) is 2. The Morgan fingerprint density at radius 1 is 1.15 bits per heavy atom. The second kappa shape index (κ2) is 7.51.